The van der Waals surface area contributed by atoms with Gasteiger partial charge in [-0.15, -0.1) is 0 Å². The van der Waals surface area contributed by atoms with Crippen molar-refractivity contribution in [3.63, 3.8) is 0 Å². The summed E-state index contributed by atoms with van der Waals surface area (Å²) in [6.07, 6.45) is 6.38. The summed E-state index contributed by atoms with van der Waals surface area (Å²) >= 11 is 0. The van der Waals surface area contributed by atoms with Crippen LogP contribution in [0.1, 0.15) is 37.3 Å². The Morgan fingerprint density at radius 3 is 2.54 bits per heavy atom. The maximum absolute atomic E-state index is 6.50. The summed E-state index contributed by atoms with van der Waals surface area (Å²) in [5.74, 6) is 0.503. The fourth-order valence-corrected chi connectivity index (χ4v) is 6.19. The maximum Gasteiger partial charge on any atom is 0.300 e. The monoisotopic (exact) mass is 523 g/mol. The van der Waals surface area contributed by atoms with E-state index in [1.54, 1.807) is 0 Å². The predicted molar refractivity (Wildman–Crippen MR) is 153 cm³/mol. The standard InChI is InChI=1S/C30H33N7O2/c1-19-18-32-29(31)26-27(20-7-12-24-25(17-20)39-30(34-24)33-21-5-3-2-4-6-21)35-37(28(19)26)23-10-8-22(9-11-23)36-13-15-38-16-14-36/h2-7,12,17-18,22-23H,8-11,13-16H2,1H3,(H2,31,32)(H,33,34). The Morgan fingerprint density at radius 1 is 0.974 bits per heavy atom. The van der Waals surface area contributed by atoms with Crippen molar-refractivity contribution in [2.75, 3.05) is 37.4 Å². The number of morpholine rings is 1. The molecule has 9 heteroatoms. The van der Waals surface area contributed by atoms with Crippen LogP contribution >= 0.6 is 0 Å². The summed E-state index contributed by atoms with van der Waals surface area (Å²) in [6, 6.07) is 17.3. The fourth-order valence-electron chi connectivity index (χ4n) is 6.19. The van der Waals surface area contributed by atoms with Crippen molar-refractivity contribution in [3.05, 3.63) is 60.3 Å². The van der Waals surface area contributed by atoms with E-state index in [-0.39, 0.29) is 0 Å². The Balaban J connectivity index is 1.22. The molecule has 4 heterocycles. The summed E-state index contributed by atoms with van der Waals surface area (Å²) < 4.78 is 13.9. The van der Waals surface area contributed by atoms with Crippen LogP contribution in [0.25, 0.3) is 33.3 Å². The first kappa shape index (κ1) is 24.1. The van der Waals surface area contributed by atoms with Crippen molar-refractivity contribution in [1.29, 1.82) is 0 Å². The molecule has 0 spiro atoms. The number of fused-ring (bicyclic) bond motifs is 2. The number of nitrogen functional groups attached to an aromatic ring is 1. The first-order valence-corrected chi connectivity index (χ1v) is 13.8. The number of aryl methyl sites for hydroxylation is 1. The van der Waals surface area contributed by atoms with Crippen LogP contribution in [-0.4, -0.2) is 57.0 Å². The van der Waals surface area contributed by atoms with Crippen molar-refractivity contribution >= 4 is 39.5 Å². The number of hydrogen-bond acceptors (Lipinski definition) is 8. The molecule has 5 aromatic rings. The predicted octanol–water partition coefficient (Wildman–Crippen LogP) is 5.69. The van der Waals surface area contributed by atoms with Gasteiger partial charge in [-0.3, -0.25) is 9.58 Å². The van der Waals surface area contributed by atoms with Crippen molar-refractivity contribution in [1.82, 2.24) is 24.6 Å². The van der Waals surface area contributed by atoms with Crippen LogP contribution in [0.5, 0.6) is 0 Å². The molecule has 0 atom stereocenters. The molecule has 9 nitrogen and oxygen atoms in total. The molecule has 0 amide bonds. The normalized spacial score (nSPS) is 20.5. The van der Waals surface area contributed by atoms with Gasteiger partial charge in [0, 0.05) is 36.6 Å². The van der Waals surface area contributed by atoms with Crippen molar-refractivity contribution in [2.45, 2.75) is 44.7 Å². The molecule has 200 valence electrons. The fraction of sp³-hybridized carbons (Fsp3) is 0.367. The molecule has 1 saturated heterocycles. The number of pyridine rings is 1. The number of benzene rings is 2. The summed E-state index contributed by atoms with van der Waals surface area (Å²) in [7, 11) is 0. The van der Waals surface area contributed by atoms with Crippen LogP contribution in [0.4, 0.5) is 17.5 Å². The average molecular weight is 524 g/mol. The lowest BCUT2D eigenvalue weighted by atomic mass is 9.90. The zero-order valence-corrected chi connectivity index (χ0v) is 22.1. The van der Waals surface area contributed by atoms with Crippen molar-refractivity contribution in [2.24, 2.45) is 0 Å². The highest BCUT2D eigenvalue weighted by atomic mass is 16.5. The van der Waals surface area contributed by atoms with Gasteiger partial charge in [0.25, 0.3) is 6.01 Å². The Morgan fingerprint density at radius 2 is 1.74 bits per heavy atom. The smallest absolute Gasteiger partial charge is 0.300 e. The molecule has 0 radical (unpaired) electrons. The third-order valence-electron chi connectivity index (χ3n) is 8.20. The lowest BCUT2D eigenvalue weighted by molar-refractivity contribution is 0.00522. The molecule has 2 fully saturated rings. The van der Waals surface area contributed by atoms with Crippen LogP contribution in [0, 0.1) is 6.92 Å². The highest BCUT2D eigenvalue weighted by molar-refractivity contribution is 6.02. The van der Waals surface area contributed by atoms with E-state index < -0.39 is 0 Å². The van der Waals surface area contributed by atoms with E-state index in [2.05, 4.69) is 31.8 Å². The van der Waals surface area contributed by atoms with Gasteiger partial charge in [0.2, 0.25) is 0 Å². The lowest BCUT2D eigenvalue weighted by Gasteiger charge is -2.38. The topological polar surface area (TPSA) is 107 Å². The summed E-state index contributed by atoms with van der Waals surface area (Å²) in [4.78, 5) is 11.7. The second-order valence-electron chi connectivity index (χ2n) is 10.6. The zero-order valence-electron chi connectivity index (χ0n) is 22.1. The summed E-state index contributed by atoms with van der Waals surface area (Å²) in [6.45, 7) is 5.86. The SMILES string of the molecule is Cc1cnc(N)c2c(-c3ccc4nc(Nc5ccccc5)oc4c3)nn(C3CCC(N4CCOCC4)CC3)c12. The molecule has 1 aliphatic carbocycles. The van der Waals surface area contributed by atoms with Gasteiger partial charge in [-0.2, -0.15) is 10.1 Å². The Bertz CT molecular complexity index is 1610. The number of rotatable bonds is 5. The second kappa shape index (κ2) is 9.98. The first-order chi connectivity index (χ1) is 19.1. The maximum atomic E-state index is 6.50. The van der Waals surface area contributed by atoms with Gasteiger partial charge >= 0.3 is 0 Å². The van der Waals surface area contributed by atoms with E-state index in [1.165, 1.54) is 12.8 Å². The van der Waals surface area contributed by atoms with Crippen molar-refractivity contribution in [3.8, 4) is 11.3 Å². The number of ether oxygens (including phenoxy) is 1. The number of nitrogens with two attached hydrogens (primary N) is 1. The van der Waals surface area contributed by atoms with Gasteiger partial charge in [0.15, 0.2) is 5.58 Å². The third-order valence-corrected chi connectivity index (χ3v) is 8.20. The van der Waals surface area contributed by atoms with Crippen LogP contribution in [0.15, 0.2) is 59.1 Å². The number of anilines is 3. The quantitative estimate of drug-likeness (QED) is 0.303. The average Bonchev–Trinajstić information content (AvgIpc) is 3.58. The molecule has 2 aromatic carbocycles. The minimum Gasteiger partial charge on any atom is -0.423 e. The van der Waals surface area contributed by atoms with Gasteiger partial charge in [-0.05, 0) is 62.4 Å². The molecule has 7 rings (SSSR count). The summed E-state index contributed by atoms with van der Waals surface area (Å²) in [5.41, 5.74) is 12.8. The van der Waals surface area contributed by atoms with Gasteiger partial charge in [0.05, 0.1) is 30.2 Å². The molecule has 0 bridgehead atoms. The van der Waals surface area contributed by atoms with Gasteiger partial charge in [0.1, 0.15) is 17.0 Å². The second-order valence-corrected chi connectivity index (χ2v) is 10.6. The van der Waals surface area contributed by atoms with Gasteiger partial charge < -0.3 is 20.2 Å². The molecular weight excluding hydrogens is 490 g/mol. The van der Waals surface area contributed by atoms with E-state index in [0.717, 1.165) is 78.1 Å². The highest BCUT2D eigenvalue weighted by Crippen LogP contribution is 2.39. The Kier molecular flexibility index (Phi) is 6.17. The molecule has 1 aliphatic heterocycles. The molecule has 2 aliphatic rings. The number of nitrogens with one attached hydrogen (secondary N) is 1. The van der Waals surface area contributed by atoms with E-state index in [9.17, 15) is 0 Å². The van der Waals surface area contributed by atoms with E-state index in [0.29, 0.717) is 29.5 Å². The number of nitrogens with zero attached hydrogens (tertiary/aromatic N) is 5. The van der Waals surface area contributed by atoms with Crippen molar-refractivity contribution < 1.29 is 9.15 Å². The lowest BCUT2D eigenvalue weighted by Crippen LogP contribution is -2.45. The molecule has 0 unspecified atom stereocenters. The minimum absolute atomic E-state index is 0.328. The Hall–Kier alpha value is -3.95. The van der Waals surface area contributed by atoms with Crippen LogP contribution in [0.3, 0.4) is 0 Å². The van der Waals surface area contributed by atoms with E-state index in [1.807, 2.05) is 54.7 Å². The number of oxazole rings is 1. The largest absolute Gasteiger partial charge is 0.423 e. The van der Waals surface area contributed by atoms with E-state index in [4.69, 9.17) is 20.0 Å². The summed E-state index contributed by atoms with van der Waals surface area (Å²) in [5, 5.41) is 9.35. The van der Waals surface area contributed by atoms with Gasteiger partial charge in [-0.25, -0.2) is 4.98 Å². The number of aromatic nitrogens is 4. The van der Waals surface area contributed by atoms with Gasteiger partial charge in [-0.1, -0.05) is 24.3 Å². The molecule has 3 N–H and O–H groups in total. The number of para-hydroxylation sites is 1. The van der Waals surface area contributed by atoms with Crippen LogP contribution < -0.4 is 11.1 Å². The van der Waals surface area contributed by atoms with Crippen LogP contribution in [0.2, 0.25) is 0 Å². The highest BCUT2D eigenvalue weighted by Gasteiger charge is 2.30. The molecule has 39 heavy (non-hydrogen) atoms. The molecule has 3 aromatic heterocycles. The third kappa shape index (κ3) is 4.51. The van der Waals surface area contributed by atoms with E-state index >= 15 is 0 Å². The van der Waals surface area contributed by atoms with Crippen LogP contribution in [-0.2, 0) is 4.74 Å². The molecule has 1 saturated carbocycles. The number of hydrogen-bond donors (Lipinski definition) is 2. The minimum atomic E-state index is 0.328. The zero-order chi connectivity index (χ0) is 26.3. The first-order valence-electron chi connectivity index (χ1n) is 13.8. The Labute approximate surface area is 227 Å². The molecular formula is C30H33N7O2.